The molecule has 0 radical (unpaired) electrons. The molecule has 11 heteroatoms. The Morgan fingerprint density at radius 2 is 1.75 bits per heavy atom. The fourth-order valence-corrected chi connectivity index (χ4v) is 4.62. The number of rotatable bonds is 8. The Bertz CT molecular complexity index is 1100. The first kappa shape index (κ1) is 23.4. The van der Waals surface area contributed by atoms with Gasteiger partial charge in [0.15, 0.2) is 0 Å². The Balaban J connectivity index is 1.44. The summed E-state index contributed by atoms with van der Waals surface area (Å²) in [5.41, 5.74) is 1.01. The number of nitrogens with zero attached hydrogens (tertiary/aromatic N) is 3. The molecule has 1 N–H and O–H groups in total. The van der Waals surface area contributed by atoms with Crippen molar-refractivity contribution in [3.8, 4) is 0 Å². The second-order valence-electron chi connectivity index (χ2n) is 7.13. The molecule has 0 aliphatic carbocycles. The first-order chi connectivity index (χ1) is 15.3. The van der Waals surface area contributed by atoms with Crippen LogP contribution < -0.4 is 10.2 Å². The van der Waals surface area contributed by atoms with Crippen LogP contribution in [0, 0.1) is 15.9 Å². The minimum Gasteiger partial charge on any atom is -0.367 e. The van der Waals surface area contributed by atoms with Gasteiger partial charge in [0.05, 0.1) is 16.4 Å². The predicted molar refractivity (Wildman–Crippen MR) is 119 cm³/mol. The molecule has 2 aromatic rings. The van der Waals surface area contributed by atoms with Crippen molar-refractivity contribution in [3.05, 3.63) is 76.1 Å². The number of sulfonamides is 1. The van der Waals surface area contributed by atoms with Crippen molar-refractivity contribution in [1.29, 1.82) is 0 Å². The van der Waals surface area contributed by atoms with Crippen molar-refractivity contribution >= 4 is 33.4 Å². The van der Waals surface area contributed by atoms with E-state index in [0.29, 0.717) is 24.3 Å². The van der Waals surface area contributed by atoms with Crippen molar-refractivity contribution in [3.63, 3.8) is 0 Å². The van der Waals surface area contributed by atoms with Crippen LogP contribution in [0.1, 0.15) is 5.56 Å². The molecule has 2 aromatic carbocycles. The molecule has 3 rings (SSSR count). The van der Waals surface area contributed by atoms with E-state index in [2.05, 4.69) is 5.32 Å². The highest BCUT2D eigenvalue weighted by atomic mass is 32.2. The van der Waals surface area contributed by atoms with Gasteiger partial charge < -0.3 is 10.2 Å². The third-order valence-electron chi connectivity index (χ3n) is 5.02. The van der Waals surface area contributed by atoms with Gasteiger partial charge in [-0.1, -0.05) is 12.1 Å². The van der Waals surface area contributed by atoms with Gasteiger partial charge in [-0.05, 0) is 35.9 Å². The first-order valence-electron chi connectivity index (χ1n) is 9.94. The van der Waals surface area contributed by atoms with Gasteiger partial charge in [-0.15, -0.1) is 0 Å². The highest BCUT2D eigenvalue weighted by Crippen LogP contribution is 2.21. The van der Waals surface area contributed by atoms with Gasteiger partial charge in [0, 0.05) is 50.9 Å². The summed E-state index contributed by atoms with van der Waals surface area (Å²) in [4.78, 5) is 23.9. The Kier molecular flexibility index (Phi) is 7.54. The van der Waals surface area contributed by atoms with Crippen LogP contribution in [-0.4, -0.2) is 62.0 Å². The number of carbonyl (C=O) groups is 1. The predicted octanol–water partition coefficient (Wildman–Crippen LogP) is 2.02. The summed E-state index contributed by atoms with van der Waals surface area (Å²) in [6.45, 7) is 1.18. The topological polar surface area (TPSA) is 113 Å². The molecule has 170 valence electrons. The number of nitro groups is 1. The van der Waals surface area contributed by atoms with Crippen LogP contribution in [0.15, 0.2) is 54.6 Å². The van der Waals surface area contributed by atoms with E-state index in [0.717, 1.165) is 0 Å². The van der Waals surface area contributed by atoms with Gasteiger partial charge in [0.2, 0.25) is 15.9 Å². The number of hydrogen-bond donors (Lipinski definition) is 1. The normalized spacial score (nSPS) is 15.1. The van der Waals surface area contributed by atoms with Crippen LogP contribution in [0.4, 0.5) is 15.8 Å². The van der Waals surface area contributed by atoms with E-state index in [9.17, 15) is 27.7 Å². The number of halogens is 1. The number of piperazine rings is 1. The lowest BCUT2D eigenvalue weighted by Gasteiger charge is -2.35. The maximum absolute atomic E-state index is 13.9. The average molecular weight is 463 g/mol. The highest BCUT2D eigenvalue weighted by Gasteiger charge is 2.27. The summed E-state index contributed by atoms with van der Waals surface area (Å²) in [7, 11) is -3.56. The van der Waals surface area contributed by atoms with Crippen LogP contribution in [0.2, 0.25) is 0 Å². The summed E-state index contributed by atoms with van der Waals surface area (Å²) >= 11 is 0. The second-order valence-corrected chi connectivity index (χ2v) is 9.21. The third-order valence-corrected chi connectivity index (χ3v) is 6.89. The standard InChI is InChI=1S/C21H23FN4O5S/c22-19-3-1-2-4-20(19)24-12-14-25(15-13-24)32(30,31)16-11-23-21(27)10-7-17-5-8-18(9-6-17)26(28)29/h1-10H,11-16H2,(H,23,27)/b10-7+. The lowest BCUT2D eigenvalue weighted by molar-refractivity contribution is -0.384. The van der Waals surface area contributed by atoms with E-state index in [1.807, 2.05) is 4.90 Å². The molecular weight excluding hydrogens is 439 g/mol. The van der Waals surface area contributed by atoms with Crippen LogP contribution >= 0.6 is 0 Å². The highest BCUT2D eigenvalue weighted by molar-refractivity contribution is 7.89. The Morgan fingerprint density at radius 1 is 1.09 bits per heavy atom. The van der Waals surface area contributed by atoms with E-state index in [1.54, 1.807) is 18.2 Å². The molecule has 1 fully saturated rings. The number of para-hydroxylation sites is 1. The van der Waals surface area contributed by atoms with Crippen LogP contribution in [0.3, 0.4) is 0 Å². The lowest BCUT2D eigenvalue weighted by Crippen LogP contribution is -2.50. The van der Waals surface area contributed by atoms with Gasteiger partial charge in [-0.2, -0.15) is 4.31 Å². The van der Waals surface area contributed by atoms with Crippen molar-refractivity contribution in [2.75, 3.05) is 43.4 Å². The number of benzene rings is 2. The SMILES string of the molecule is O=C(/C=C/c1ccc([N+](=O)[O-])cc1)NCCS(=O)(=O)N1CCN(c2ccccc2F)CC1. The Morgan fingerprint density at radius 3 is 2.38 bits per heavy atom. The average Bonchev–Trinajstić information content (AvgIpc) is 2.78. The molecule has 9 nitrogen and oxygen atoms in total. The van der Waals surface area contributed by atoms with Crippen molar-refractivity contribution < 1.29 is 22.5 Å². The largest absolute Gasteiger partial charge is 0.367 e. The van der Waals surface area contributed by atoms with E-state index >= 15 is 0 Å². The molecule has 1 heterocycles. The Labute approximate surface area is 185 Å². The monoisotopic (exact) mass is 462 g/mol. The molecule has 0 saturated carbocycles. The zero-order valence-corrected chi connectivity index (χ0v) is 18.0. The number of anilines is 1. The summed E-state index contributed by atoms with van der Waals surface area (Å²) < 4.78 is 40.4. The van der Waals surface area contributed by atoms with Gasteiger partial charge in [-0.3, -0.25) is 14.9 Å². The third kappa shape index (κ3) is 6.11. The molecule has 0 aromatic heterocycles. The first-order valence-corrected chi connectivity index (χ1v) is 11.5. The zero-order chi connectivity index (χ0) is 23.1. The van der Waals surface area contributed by atoms with Crippen LogP contribution in [-0.2, 0) is 14.8 Å². The lowest BCUT2D eigenvalue weighted by atomic mass is 10.2. The van der Waals surface area contributed by atoms with Crippen LogP contribution in [0.5, 0.6) is 0 Å². The van der Waals surface area contributed by atoms with E-state index < -0.39 is 20.9 Å². The second kappa shape index (κ2) is 10.3. The molecule has 0 atom stereocenters. The minimum atomic E-state index is -3.56. The quantitative estimate of drug-likeness (QED) is 0.365. The number of carbonyl (C=O) groups excluding carboxylic acids is 1. The van der Waals surface area contributed by atoms with Crippen molar-refractivity contribution in [2.45, 2.75) is 0 Å². The summed E-state index contributed by atoms with van der Waals surface area (Å²) in [5.74, 6) is -1.06. The maximum atomic E-state index is 13.9. The zero-order valence-electron chi connectivity index (χ0n) is 17.2. The van der Waals surface area contributed by atoms with Crippen molar-refractivity contribution in [1.82, 2.24) is 9.62 Å². The fraction of sp³-hybridized carbons (Fsp3) is 0.286. The maximum Gasteiger partial charge on any atom is 0.269 e. The molecule has 1 amide bonds. The number of non-ortho nitro benzene ring substituents is 1. The molecule has 1 aliphatic heterocycles. The summed E-state index contributed by atoms with van der Waals surface area (Å²) in [6, 6.07) is 12.1. The number of hydrogen-bond acceptors (Lipinski definition) is 6. The minimum absolute atomic E-state index is 0.0495. The van der Waals surface area contributed by atoms with Gasteiger partial charge >= 0.3 is 0 Å². The molecule has 1 aliphatic rings. The molecule has 0 unspecified atom stereocenters. The summed E-state index contributed by atoms with van der Waals surface area (Å²) in [5, 5.41) is 13.2. The van der Waals surface area contributed by atoms with E-state index in [4.69, 9.17) is 0 Å². The fourth-order valence-electron chi connectivity index (χ4n) is 3.29. The van der Waals surface area contributed by atoms with E-state index in [1.165, 1.54) is 46.8 Å². The van der Waals surface area contributed by atoms with Gasteiger partial charge in [-0.25, -0.2) is 12.8 Å². The molecule has 0 spiro atoms. The molecular formula is C21H23FN4O5S. The number of nitro benzene ring substituents is 1. The van der Waals surface area contributed by atoms with Crippen LogP contribution in [0.25, 0.3) is 6.08 Å². The molecule has 1 saturated heterocycles. The summed E-state index contributed by atoms with van der Waals surface area (Å²) in [6.07, 6.45) is 2.72. The smallest absolute Gasteiger partial charge is 0.269 e. The Hall–Kier alpha value is -3.31. The van der Waals surface area contributed by atoms with Gasteiger partial charge in [0.25, 0.3) is 5.69 Å². The molecule has 32 heavy (non-hydrogen) atoms. The van der Waals surface area contributed by atoms with Crippen molar-refractivity contribution in [2.24, 2.45) is 0 Å². The number of amides is 1. The van der Waals surface area contributed by atoms with E-state index in [-0.39, 0.29) is 36.9 Å². The van der Waals surface area contributed by atoms with Gasteiger partial charge in [0.1, 0.15) is 5.82 Å². The number of nitrogens with one attached hydrogen (secondary N) is 1. The molecule has 0 bridgehead atoms.